The highest BCUT2D eigenvalue weighted by molar-refractivity contribution is 6.62. The van der Waals surface area contributed by atoms with Gasteiger partial charge in [-0.05, 0) is 45.3 Å². The Morgan fingerprint density at radius 2 is 1.66 bits per heavy atom. The fourth-order valence-electron chi connectivity index (χ4n) is 3.73. The third kappa shape index (κ3) is 3.16. The summed E-state index contributed by atoms with van der Waals surface area (Å²) in [5.74, 6) is 0.865. The summed E-state index contributed by atoms with van der Waals surface area (Å²) in [6.45, 7) is 9.43. The second kappa shape index (κ2) is 6.47. The molecule has 2 aromatic carbocycles. The lowest BCUT2D eigenvalue weighted by atomic mass is 9.78. The van der Waals surface area contributed by atoms with Gasteiger partial charge in [-0.15, -0.1) is 0 Å². The van der Waals surface area contributed by atoms with E-state index in [0.29, 0.717) is 13.2 Å². The van der Waals surface area contributed by atoms with Gasteiger partial charge in [0.1, 0.15) is 12.4 Å². The molecule has 0 unspecified atom stereocenters. The molecule has 0 radical (unpaired) electrons. The van der Waals surface area contributed by atoms with Crippen LogP contribution >= 0.6 is 0 Å². The standard InChI is InChI=1S/C23H25BN2O3/c1-22(2)23(3,4)29-24(28-22)18-11-10-17-14-26-19(15-27-21(17)12-18)13-20(25-26)16-8-6-5-7-9-16/h5-13H,14-15H2,1-4H3. The Labute approximate surface area is 171 Å². The largest absolute Gasteiger partial charge is 0.494 e. The van der Waals surface area contributed by atoms with Crippen LogP contribution in [0.15, 0.2) is 54.6 Å². The lowest BCUT2D eigenvalue weighted by molar-refractivity contribution is 0.00578. The molecule has 29 heavy (non-hydrogen) atoms. The minimum atomic E-state index is -0.390. The third-order valence-corrected chi connectivity index (χ3v) is 6.25. The highest BCUT2D eigenvalue weighted by atomic mass is 16.7. The zero-order valence-electron chi connectivity index (χ0n) is 17.3. The minimum Gasteiger partial charge on any atom is -0.487 e. The first-order chi connectivity index (χ1) is 13.8. The van der Waals surface area contributed by atoms with E-state index in [2.05, 4.69) is 58.0 Å². The fourth-order valence-corrected chi connectivity index (χ4v) is 3.73. The highest BCUT2D eigenvalue weighted by Gasteiger charge is 2.51. The fraction of sp³-hybridized carbons (Fsp3) is 0.348. The molecule has 0 aliphatic carbocycles. The monoisotopic (exact) mass is 388 g/mol. The Hall–Kier alpha value is -2.57. The van der Waals surface area contributed by atoms with Crippen LogP contribution in [-0.4, -0.2) is 28.1 Å². The summed E-state index contributed by atoms with van der Waals surface area (Å²) in [5.41, 5.74) is 4.52. The maximum atomic E-state index is 6.19. The number of nitrogens with zero attached hydrogens (tertiary/aromatic N) is 2. The van der Waals surface area contributed by atoms with Crippen LogP contribution in [0.25, 0.3) is 11.3 Å². The number of benzene rings is 2. The number of aromatic nitrogens is 2. The number of fused-ring (bicyclic) bond motifs is 2. The first-order valence-electron chi connectivity index (χ1n) is 10.1. The molecular weight excluding hydrogens is 363 g/mol. The Balaban J connectivity index is 1.42. The Bertz CT molecular complexity index is 1040. The third-order valence-electron chi connectivity index (χ3n) is 6.25. The van der Waals surface area contributed by atoms with E-state index in [4.69, 9.17) is 19.1 Å². The van der Waals surface area contributed by atoms with Crippen LogP contribution in [0.3, 0.4) is 0 Å². The van der Waals surface area contributed by atoms with Crippen LogP contribution < -0.4 is 10.2 Å². The van der Waals surface area contributed by atoms with E-state index in [1.54, 1.807) is 0 Å². The predicted octanol–water partition coefficient (Wildman–Crippen LogP) is 3.79. The maximum absolute atomic E-state index is 6.19. The smallest absolute Gasteiger partial charge is 0.487 e. The first kappa shape index (κ1) is 18.5. The molecule has 1 saturated heterocycles. The van der Waals surface area contributed by atoms with Gasteiger partial charge in [-0.2, -0.15) is 5.10 Å². The van der Waals surface area contributed by atoms with Gasteiger partial charge in [0.15, 0.2) is 0 Å². The van der Waals surface area contributed by atoms with Gasteiger partial charge in [0, 0.05) is 11.1 Å². The summed E-state index contributed by atoms with van der Waals surface area (Å²) < 4.78 is 20.6. The molecule has 3 heterocycles. The van der Waals surface area contributed by atoms with Crippen molar-refractivity contribution >= 4 is 12.6 Å². The molecule has 2 aliphatic rings. The van der Waals surface area contributed by atoms with E-state index in [1.807, 2.05) is 28.9 Å². The molecule has 1 fully saturated rings. The van der Waals surface area contributed by atoms with Crippen molar-refractivity contribution in [3.05, 3.63) is 65.9 Å². The first-order valence-corrected chi connectivity index (χ1v) is 10.1. The van der Waals surface area contributed by atoms with E-state index < -0.39 is 0 Å². The summed E-state index contributed by atoms with van der Waals surface area (Å²) in [6, 6.07) is 18.5. The summed E-state index contributed by atoms with van der Waals surface area (Å²) in [4.78, 5) is 0. The average molecular weight is 388 g/mol. The molecule has 0 amide bonds. The number of rotatable bonds is 2. The molecular formula is C23H25BN2O3. The van der Waals surface area contributed by atoms with E-state index in [0.717, 1.165) is 33.7 Å². The van der Waals surface area contributed by atoms with Crippen molar-refractivity contribution in [2.24, 2.45) is 0 Å². The van der Waals surface area contributed by atoms with Crippen LogP contribution in [-0.2, 0) is 22.5 Å². The lowest BCUT2D eigenvalue weighted by Crippen LogP contribution is -2.41. The Morgan fingerprint density at radius 1 is 0.931 bits per heavy atom. The lowest BCUT2D eigenvalue weighted by Gasteiger charge is -2.32. The van der Waals surface area contributed by atoms with Gasteiger partial charge in [-0.25, -0.2) is 0 Å². The topological polar surface area (TPSA) is 45.5 Å². The molecule has 1 aromatic heterocycles. The van der Waals surface area contributed by atoms with Crippen LogP contribution in [0.1, 0.15) is 39.0 Å². The molecule has 148 valence electrons. The Kier molecular flexibility index (Phi) is 4.12. The van der Waals surface area contributed by atoms with Crippen molar-refractivity contribution in [1.29, 1.82) is 0 Å². The molecule has 0 atom stereocenters. The van der Waals surface area contributed by atoms with Crippen LogP contribution in [0.4, 0.5) is 0 Å². The molecule has 0 saturated carbocycles. The van der Waals surface area contributed by atoms with E-state index in [1.165, 1.54) is 0 Å². The molecule has 5 rings (SSSR count). The van der Waals surface area contributed by atoms with Crippen molar-refractivity contribution < 1.29 is 14.0 Å². The van der Waals surface area contributed by atoms with Crippen LogP contribution in [0.2, 0.25) is 0 Å². The van der Waals surface area contributed by atoms with Crippen molar-refractivity contribution in [2.45, 2.75) is 52.0 Å². The summed E-state index contributed by atoms with van der Waals surface area (Å²) in [6.07, 6.45) is 0. The summed E-state index contributed by atoms with van der Waals surface area (Å²) in [7, 11) is -0.390. The molecule has 5 nitrogen and oxygen atoms in total. The highest BCUT2D eigenvalue weighted by Crippen LogP contribution is 2.37. The van der Waals surface area contributed by atoms with Crippen LogP contribution in [0.5, 0.6) is 5.75 Å². The van der Waals surface area contributed by atoms with Gasteiger partial charge in [0.25, 0.3) is 0 Å². The second-order valence-electron chi connectivity index (χ2n) is 8.79. The zero-order valence-corrected chi connectivity index (χ0v) is 17.3. The molecule has 2 aliphatic heterocycles. The summed E-state index contributed by atoms with van der Waals surface area (Å²) in [5, 5.41) is 4.81. The maximum Gasteiger partial charge on any atom is 0.494 e. The number of ether oxygens (including phenoxy) is 1. The molecule has 0 spiro atoms. The van der Waals surface area contributed by atoms with Crippen molar-refractivity contribution in [3.8, 4) is 17.0 Å². The quantitative estimate of drug-likeness (QED) is 0.627. The van der Waals surface area contributed by atoms with Gasteiger partial charge >= 0.3 is 7.12 Å². The number of hydrogen-bond donors (Lipinski definition) is 0. The molecule has 0 bridgehead atoms. The van der Waals surface area contributed by atoms with Gasteiger partial charge in [-0.3, -0.25) is 4.68 Å². The van der Waals surface area contributed by atoms with Gasteiger partial charge in [0.2, 0.25) is 0 Å². The average Bonchev–Trinajstić information content (AvgIpc) is 3.12. The normalized spacial score (nSPS) is 19.2. The zero-order chi connectivity index (χ0) is 20.2. The Morgan fingerprint density at radius 3 is 2.38 bits per heavy atom. The van der Waals surface area contributed by atoms with E-state index in [-0.39, 0.29) is 18.3 Å². The van der Waals surface area contributed by atoms with Crippen molar-refractivity contribution in [2.75, 3.05) is 0 Å². The molecule has 0 N–H and O–H groups in total. The van der Waals surface area contributed by atoms with Crippen LogP contribution in [0, 0.1) is 0 Å². The minimum absolute atomic E-state index is 0.360. The SMILES string of the molecule is CC1(C)OB(c2ccc3c(c2)OCc2cc(-c4ccccc4)nn2C3)OC1(C)C. The van der Waals surface area contributed by atoms with E-state index in [9.17, 15) is 0 Å². The summed E-state index contributed by atoms with van der Waals surface area (Å²) >= 11 is 0. The predicted molar refractivity (Wildman–Crippen MR) is 113 cm³/mol. The van der Waals surface area contributed by atoms with Gasteiger partial charge in [0.05, 0.1) is 29.1 Å². The van der Waals surface area contributed by atoms with E-state index >= 15 is 0 Å². The number of hydrogen-bond acceptors (Lipinski definition) is 4. The van der Waals surface area contributed by atoms with Gasteiger partial charge < -0.3 is 14.0 Å². The molecule has 6 heteroatoms. The molecule has 3 aromatic rings. The van der Waals surface area contributed by atoms with Gasteiger partial charge in [-0.1, -0.05) is 42.5 Å². The van der Waals surface area contributed by atoms with Crippen molar-refractivity contribution in [3.63, 3.8) is 0 Å². The second-order valence-corrected chi connectivity index (χ2v) is 8.79. The van der Waals surface area contributed by atoms with Crippen molar-refractivity contribution in [1.82, 2.24) is 9.78 Å².